The van der Waals surface area contributed by atoms with Crippen molar-refractivity contribution in [2.75, 3.05) is 17.1 Å². The van der Waals surface area contributed by atoms with E-state index in [9.17, 15) is 0 Å². The molecule has 2 nitrogen and oxygen atoms in total. The van der Waals surface area contributed by atoms with Crippen LogP contribution in [0, 0.1) is 0 Å². The lowest BCUT2D eigenvalue weighted by Crippen LogP contribution is -2.09. The van der Waals surface area contributed by atoms with Gasteiger partial charge in [-0.15, -0.1) is 11.8 Å². The maximum Gasteiger partial charge on any atom is 0.152 e. The van der Waals surface area contributed by atoms with Crippen molar-refractivity contribution in [2.45, 2.75) is 0 Å². The van der Waals surface area contributed by atoms with Crippen LogP contribution in [0.5, 0.6) is 0 Å². The standard InChI is InChI=1S/C9H10N2S2/c1-12-9-10-11(7-13-9)8-5-3-2-4-6-8/h2-6H,7H2,1H3. The molecule has 2 rings (SSSR count). The summed E-state index contributed by atoms with van der Waals surface area (Å²) in [6.07, 6.45) is 2.06. The molecule has 1 aliphatic rings. The molecule has 1 heterocycles. The highest BCUT2D eigenvalue weighted by molar-refractivity contribution is 8.38. The van der Waals surface area contributed by atoms with Crippen LogP contribution < -0.4 is 5.01 Å². The Bertz CT molecular complexity index is 311. The SMILES string of the molecule is CSC1=NN(c2ccccc2)CS1. The summed E-state index contributed by atoms with van der Waals surface area (Å²) in [7, 11) is 0. The van der Waals surface area contributed by atoms with Gasteiger partial charge in [-0.2, -0.15) is 5.10 Å². The molecule has 0 saturated carbocycles. The molecule has 1 aromatic rings. The molecule has 13 heavy (non-hydrogen) atoms. The number of benzene rings is 1. The van der Waals surface area contributed by atoms with Gasteiger partial charge in [-0.05, 0) is 18.4 Å². The van der Waals surface area contributed by atoms with Crippen LogP contribution >= 0.6 is 23.5 Å². The van der Waals surface area contributed by atoms with Crippen molar-refractivity contribution in [2.24, 2.45) is 5.10 Å². The number of para-hydroxylation sites is 1. The van der Waals surface area contributed by atoms with Crippen LogP contribution in [-0.2, 0) is 0 Å². The largest absolute Gasteiger partial charge is 0.254 e. The first-order valence-corrected chi connectivity index (χ1v) is 6.19. The number of hydrogen-bond donors (Lipinski definition) is 0. The average molecular weight is 210 g/mol. The first-order valence-electron chi connectivity index (χ1n) is 3.98. The Labute approximate surface area is 86.4 Å². The number of hydrogen-bond acceptors (Lipinski definition) is 4. The van der Waals surface area contributed by atoms with Crippen LogP contribution in [0.4, 0.5) is 5.69 Å². The van der Waals surface area contributed by atoms with E-state index in [1.807, 2.05) is 23.2 Å². The van der Waals surface area contributed by atoms with Gasteiger partial charge in [-0.1, -0.05) is 30.0 Å². The lowest BCUT2D eigenvalue weighted by atomic mass is 10.3. The van der Waals surface area contributed by atoms with Crippen LogP contribution in [0.25, 0.3) is 0 Å². The number of anilines is 1. The Morgan fingerprint density at radius 1 is 1.38 bits per heavy atom. The van der Waals surface area contributed by atoms with Gasteiger partial charge in [0.2, 0.25) is 0 Å². The molecule has 0 bridgehead atoms. The normalized spacial score (nSPS) is 16.1. The van der Waals surface area contributed by atoms with E-state index in [1.165, 1.54) is 5.69 Å². The van der Waals surface area contributed by atoms with Crippen molar-refractivity contribution in [3.05, 3.63) is 30.3 Å². The van der Waals surface area contributed by atoms with Gasteiger partial charge in [-0.3, -0.25) is 5.01 Å². The minimum atomic E-state index is 0.931. The van der Waals surface area contributed by atoms with Crippen molar-refractivity contribution in [3.63, 3.8) is 0 Å². The van der Waals surface area contributed by atoms with E-state index in [0.29, 0.717) is 0 Å². The quantitative estimate of drug-likeness (QED) is 0.709. The first-order chi connectivity index (χ1) is 6.40. The van der Waals surface area contributed by atoms with E-state index >= 15 is 0 Å². The van der Waals surface area contributed by atoms with Crippen LogP contribution in [0.1, 0.15) is 0 Å². The molecule has 0 radical (unpaired) electrons. The van der Waals surface area contributed by atoms with Crippen molar-refractivity contribution < 1.29 is 0 Å². The minimum Gasteiger partial charge on any atom is -0.254 e. The third-order valence-corrected chi connectivity index (χ3v) is 3.73. The predicted molar refractivity (Wildman–Crippen MR) is 62.3 cm³/mol. The zero-order valence-electron chi connectivity index (χ0n) is 7.30. The molecule has 0 N–H and O–H groups in total. The first kappa shape index (κ1) is 8.97. The highest BCUT2D eigenvalue weighted by Crippen LogP contribution is 2.27. The highest BCUT2D eigenvalue weighted by atomic mass is 32.2. The van der Waals surface area contributed by atoms with Crippen LogP contribution in [0.15, 0.2) is 35.4 Å². The maximum atomic E-state index is 4.45. The molecule has 0 aromatic heterocycles. The second kappa shape index (κ2) is 4.07. The molecule has 0 aliphatic carbocycles. The van der Waals surface area contributed by atoms with Crippen molar-refractivity contribution in [1.29, 1.82) is 0 Å². The van der Waals surface area contributed by atoms with Gasteiger partial charge in [0.1, 0.15) is 0 Å². The van der Waals surface area contributed by atoms with Crippen molar-refractivity contribution in [3.8, 4) is 0 Å². The fraction of sp³-hybridized carbons (Fsp3) is 0.222. The highest BCUT2D eigenvalue weighted by Gasteiger charge is 2.14. The van der Waals surface area contributed by atoms with Gasteiger partial charge in [0, 0.05) is 0 Å². The van der Waals surface area contributed by atoms with Crippen molar-refractivity contribution >= 4 is 33.6 Å². The van der Waals surface area contributed by atoms with E-state index in [2.05, 4.69) is 23.5 Å². The monoisotopic (exact) mass is 210 g/mol. The summed E-state index contributed by atoms with van der Waals surface area (Å²) < 4.78 is 1.14. The number of nitrogens with zero attached hydrogens (tertiary/aromatic N) is 2. The molecule has 1 aromatic carbocycles. The van der Waals surface area contributed by atoms with Gasteiger partial charge < -0.3 is 0 Å². The van der Waals surface area contributed by atoms with E-state index in [1.54, 1.807) is 23.5 Å². The zero-order valence-corrected chi connectivity index (χ0v) is 8.94. The summed E-state index contributed by atoms with van der Waals surface area (Å²) in [6.45, 7) is 0. The smallest absolute Gasteiger partial charge is 0.152 e. The summed E-state index contributed by atoms with van der Waals surface area (Å²) in [6, 6.07) is 10.2. The van der Waals surface area contributed by atoms with Crippen molar-refractivity contribution in [1.82, 2.24) is 0 Å². The van der Waals surface area contributed by atoms with E-state index in [-0.39, 0.29) is 0 Å². The summed E-state index contributed by atoms with van der Waals surface area (Å²) in [4.78, 5) is 0. The number of thioether (sulfide) groups is 2. The lowest BCUT2D eigenvalue weighted by molar-refractivity contribution is 1.01. The molecule has 0 amide bonds. The fourth-order valence-corrected chi connectivity index (χ4v) is 2.51. The third-order valence-electron chi connectivity index (χ3n) is 1.74. The second-order valence-electron chi connectivity index (χ2n) is 2.58. The van der Waals surface area contributed by atoms with Gasteiger partial charge in [0.15, 0.2) is 4.38 Å². The lowest BCUT2D eigenvalue weighted by Gasteiger charge is -2.11. The molecular weight excluding hydrogens is 200 g/mol. The summed E-state index contributed by atoms with van der Waals surface area (Å²) in [5, 5.41) is 6.48. The van der Waals surface area contributed by atoms with Crippen LogP contribution in [0.3, 0.4) is 0 Å². The van der Waals surface area contributed by atoms with Gasteiger partial charge in [0.25, 0.3) is 0 Å². The van der Waals surface area contributed by atoms with Crippen LogP contribution in [0.2, 0.25) is 0 Å². The molecule has 68 valence electrons. The van der Waals surface area contributed by atoms with Crippen LogP contribution in [-0.4, -0.2) is 16.5 Å². The fourth-order valence-electron chi connectivity index (χ4n) is 1.10. The Balaban J connectivity index is 2.16. The number of rotatable bonds is 1. The molecular formula is C9H10N2S2. The Kier molecular flexibility index (Phi) is 2.80. The zero-order chi connectivity index (χ0) is 9.10. The third kappa shape index (κ3) is 2.00. The number of hydrazone groups is 1. The Morgan fingerprint density at radius 2 is 2.15 bits per heavy atom. The van der Waals surface area contributed by atoms with E-state index in [0.717, 1.165) is 10.3 Å². The summed E-state index contributed by atoms with van der Waals surface area (Å²) in [5.41, 5.74) is 1.17. The average Bonchev–Trinajstić information content (AvgIpc) is 2.67. The molecule has 0 atom stereocenters. The second-order valence-corrected chi connectivity index (χ2v) is 4.57. The summed E-state index contributed by atoms with van der Waals surface area (Å²) in [5.74, 6) is 0.931. The van der Waals surface area contributed by atoms with Gasteiger partial charge >= 0.3 is 0 Å². The van der Waals surface area contributed by atoms with E-state index in [4.69, 9.17) is 0 Å². The van der Waals surface area contributed by atoms with Gasteiger partial charge in [0.05, 0.1) is 11.6 Å². The van der Waals surface area contributed by atoms with Gasteiger partial charge in [-0.25, -0.2) is 0 Å². The molecule has 0 saturated heterocycles. The van der Waals surface area contributed by atoms with E-state index < -0.39 is 0 Å². The summed E-state index contributed by atoms with van der Waals surface area (Å²) >= 11 is 3.49. The Morgan fingerprint density at radius 3 is 2.77 bits per heavy atom. The molecule has 0 fully saturated rings. The molecule has 1 aliphatic heterocycles. The molecule has 0 unspecified atom stereocenters. The maximum absolute atomic E-state index is 4.45. The predicted octanol–water partition coefficient (Wildman–Crippen LogP) is 2.83. The topological polar surface area (TPSA) is 15.6 Å². The molecule has 4 heteroatoms. The molecule has 0 spiro atoms. The minimum absolute atomic E-state index is 0.931. The Hall–Kier alpha value is -0.610.